The fraction of sp³-hybridized carbons (Fsp3) is 0.556. The number of amides is 2. The average Bonchev–Trinajstić information content (AvgIpc) is 2.53. The molecule has 26 heavy (non-hydrogen) atoms. The van der Waals surface area contributed by atoms with E-state index in [-0.39, 0.29) is 28.0 Å². The summed E-state index contributed by atoms with van der Waals surface area (Å²) < 4.78 is 23.6. The second kappa shape index (κ2) is 7.26. The first-order valence-electron chi connectivity index (χ1n) is 8.62. The minimum Gasteiger partial charge on any atom is -0.481 e. The van der Waals surface area contributed by atoms with Gasteiger partial charge in [0.25, 0.3) is 0 Å². The van der Waals surface area contributed by atoms with E-state index < -0.39 is 27.8 Å². The number of carbonyl (C=O) groups excluding carboxylic acids is 1. The van der Waals surface area contributed by atoms with E-state index in [1.54, 1.807) is 19.1 Å². The van der Waals surface area contributed by atoms with Crippen LogP contribution in [0.25, 0.3) is 0 Å². The summed E-state index contributed by atoms with van der Waals surface area (Å²) in [5.74, 6) is -1.10. The van der Waals surface area contributed by atoms with Gasteiger partial charge in [-0.3, -0.25) is 4.79 Å². The predicted molar refractivity (Wildman–Crippen MR) is 98.8 cm³/mol. The smallest absolute Gasteiger partial charge is 0.319 e. The Morgan fingerprint density at radius 1 is 1.27 bits per heavy atom. The molecule has 1 aliphatic carbocycles. The van der Waals surface area contributed by atoms with E-state index in [2.05, 4.69) is 10.6 Å². The SMILES string of the molecule is CCS(=O)(=O)c1ccc(NC(=O)NC(C)[C@@H]2C[C@H](C(=O)O)C2(C)C)cc1. The van der Waals surface area contributed by atoms with E-state index in [0.29, 0.717) is 12.1 Å². The summed E-state index contributed by atoms with van der Waals surface area (Å²) >= 11 is 0. The number of urea groups is 1. The fourth-order valence-corrected chi connectivity index (χ4v) is 4.50. The van der Waals surface area contributed by atoms with Crippen LogP contribution in [-0.4, -0.2) is 37.3 Å². The molecule has 1 unspecified atom stereocenters. The summed E-state index contributed by atoms with van der Waals surface area (Å²) in [5.41, 5.74) is 0.107. The van der Waals surface area contributed by atoms with Gasteiger partial charge in [-0.05, 0) is 48.9 Å². The Hall–Kier alpha value is -2.09. The summed E-state index contributed by atoms with van der Waals surface area (Å²) in [6.07, 6.45) is 0.535. The first-order chi connectivity index (χ1) is 12.0. The zero-order chi connectivity index (χ0) is 19.7. The number of aliphatic carboxylic acids is 1. The Bertz CT molecular complexity index is 786. The third-order valence-corrected chi connectivity index (χ3v) is 7.21. The lowest BCUT2D eigenvalue weighted by Gasteiger charge is -2.52. The maximum absolute atomic E-state index is 12.2. The molecule has 2 rings (SSSR count). The number of hydrogen-bond acceptors (Lipinski definition) is 4. The van der Waals surface area contributed by atoms with Gasteiger partial charge >= 0.3 is 12.0 Å². The van der Waals surface area contributed by atoms with Crippen molar-refractivity contribution in [1.82, 2.24) is 5.32 Å². The molecule has 2 amide bonds. The number of benzene rings is 1. The van der Waals surface area contributed by atoms with E-state index in [1.165, 1.54) is 12.1 Å². The van der Waals surface area contributed by atoms with Crippen LogP contribution in [0.1, 0.15) is 34.1 Å². The van der Waals surface area contributed by atoms with Crippen molar-refractivity contribution < 1.29 is 23.1 Å². The van der Waals surface area contributed by atoms with Crippen molar-refractivity contribution in [2.45, 2.75) is 45.1 Å². The zero-order valence-electron chi connectivity index (χ0n) is 15.4. The molecule has 0 aliphatic heterocycles. The summed E-state index contributed by atoms with van der Waals surface area (Å²) in [4.78, 5) is 23.6. The standard InChI is InChI=1S/C18H26N2O5S/c1-5-26(24,25)13-8-6-12(7-9-13)20-17(23)19-11(2)14-10-15(16(21)22)18(14,3)4/h6-9,11,14-15H,5,10H2,1-4H3,(H,21,22)(H2,19,20,23)/t11?,14-,15+/m0/s1. The highest BCUT2D eigenvalue weighted by Crippen LogP contribution is 2.52. The van der Waals surface area contributed by atoms with Crippen LogP contribution in [0.15, 0.2) is 29.2 Å². The largest absolute Gasteiger partial charge is 0.481 e. The molecule has 144 valence electrons. The minimum absolute atomic E-state index is 0.0201. The lowest BCUT2D eigenvalue weighted by molar-refractivity contribution is -0.160. The third kappa shape index (κ3) is 4.00. The van der Waals surface area contributed by atoms with E-state index in [4.69, 9.17) is 0 Å². The highest BCUT2D eigenvalue weighted by molar-refractivity contribution is 7.91. The molecule has 1 aromatic rings. The third-order valence-electron chi connectivity index (χ3n) is 5.46. The molecule has 0 radical (unpaired) electrons. The van der Waals surface area contributed by atoms with Crippen molar-refractivity contribution in [3.8, 4) is 0 Å². The second-order valence-electron chi connectivity index (χ2n) is 7.37. The number of carbonyl (C=O) groups is 2. The average molecular weight is 382 g/mol. The van der Waals surface area contributed by atoms with Gasteiger partial charge in [-0.2, -0.15) is 0 Å². The van der Waals surface area contributed by atoms with E-state index in [1.807, 2.05) is 20.8 Å². The molecule has 0 saturated heterocycles. The zero-order valence-corrected chi connectivity index (χ0v) is 16.3. The molecular formula is C18H26N2O5S. The van der Waals surface area contributed by atoms with Gasteiger partial charge in [0.2, 0.25) is 0 Å². The monoisotopic (exact) mass is 382 g/mol. The highest BCUT2D eigenvalue weighted by atomic mass is 32.2. The van der Waals surface area contributed by atoms with Gasteiger partial charge in [0.15, 0.2) is 9.84 Å². The summed E-state index contributed by atoms with van der Waals surface area (Å²) in [5, 5.41) is 14.7. The molecule has 0 bridgehead atoms. The number of hydrogen-bond donors (Lipinski definition) is 3. The van der Waals surface area contributed by atoms with Crippen LogP contribution in [0.5, 0.6) is 0 Å². The quantitative estimate of drug-likeness (QED) is 0.700. The normalized spacial score (nSPS) is 22.8. The molecule has 0 heterocycles. The fourth-order valence-electron chi connectivity index (χ4n) is 3.61. The maximum atomic E-state index is 12.2. The van der Waals surface area contributed by atoms with Crippen LogP contribution >= 0.6 is 0 Å². The Morgan fingerprint density at radius 2 is 1.85 bits per heavy atom. The lowest BCUT2D eigenvalue weighted by Crippen LogP contribution is -2.57. The van der Waals surface area contributed by atoms with Crippen molar-refractivity contribution in [1.29, 1.82) is 0 Å². The number of rotatable bonds is 6. The van der Waals surface area contributed by atoms with Gasteiger partial charge in [0.1, 0.15) is 0 Å². The second-order valence-corrected chi connectivity index (χ2v) is 9.65. The van der Waals surface area contributed by atoms with Gasteiger partial charge in [-0.15, -0.1) is 0 Å². The molecule has 1 fully saturated rings. The van der Waals surface area contributed by atoms with Crippen molar-refractivity contribution in [2.75, 3.05) is 11.1 Å². The van der Waals surface area contributed by atoms with E-state index in [0.717, 1.165) is 0 Å². The van der Waals surface area contributed by atoms with Crippen LogP contribution in [0.2, 0.25) is 0 Å². The Balaban J connectivity index is 1.94. The van der Waals surface area contributed by atoms with Crippen molar-refractivity contribution in [2.24, 2.45) is 17.3 Å². The summed E-state index contributed by atoms with van der Waals surface area (Å²) in [7, 11) is -3.27. The Kier molecular flexibility index (Phi) is 5.65. The van der Waals surface area contributed by atoms with Crippen LogP contribution < -0.4 is 10.6 Å². The van der Waals surface area contributed by atoms with Crippen LogP contribution in [-0.2, 0) is 14.6 Å². The summed E-state index contributed by atoms with van der Waals surface area (Å²) in [6, 6.07) is 5.43. The number of sulfone groups is 1. The molecule has 1 saturated carbocycles. The lowest BCUT2D eigenvalue weighted by atomic mass is 9.53. The summed E-state index contributed by atoms with van der Waals surface area (Å²) in [6.45, 7) is 7.25. The first-order valence-corrected chi connectivity index (χ1v) is 10.3. The molecular weight excluding hydrogens is 356 g/mol. The number of anilines is 1. The minimum atomic E-state index is -3.27. The molecule has 8 heteroatoms. The van der Waals surface area contributed by atoms with Crippen molar-refractivity contribution >= 4 is 27.5 Å². The molecule has 3 atom stereocenters. The van der Waals surface area contributed by atoms with E-state index in [9.17, 15) is 23.1 Å². The van der Waals surface area contributed by atoms with Crippen LogP contribution in [0.3, 0.4) is 0 Å². The highest BCUT2D eigenvalue weighted by Gasteiger charge is 2.53. The number of carboxylic acid groups (broad SMARTS) is 1. The number of nitrogens with one attached hydrogen (secondary N) is 2. The first kappa shape index (κ1) is 20.2. The van der Waals surface area contributed by atoms with Gasteiger partial charge in [-0.1, -0.05) is 20.8 Å². The predicted octanol–water partition coefficient (Wildman–Crippen LogP) is 2.74. The van der Waals surface area contributed by atoms with Gasteiger partial charge in [-0.25, -0.2) is 13.2 Å². The number of carboxylic acids is 1. The van der Waals surface area contributed by atoms with Crippen LogP contribution in [0.4, 0.5) is 10.5 Å². The van der Waals surface area contributed by atoms with Crippen molar-refractivity contribution in [3.63, 3.8) is 0 Å². The molecule has 0 aromatic heterocycles. The van der Waals surface area contributed by atoms with Gasteiger partial charge < -0.3 is 15.7 Å². The molecule has 0 spiro atoms. The topological polar surface area (TPSA) is 113 Å². The van der Waals surface area contributed by atoms with Gasteiger partial charge in [0.05, 0.1) is 16.6 Å². The maximum Gasteiger partial charge on any atom is 0.319 e. The van der Waals surface area contributed by atoms with E-state index >= 15 is 0 Å². The Morgan fingerprint density at radius 3 is 2.31 bits per heavy atom. The van der Waals surface area contributed by atoms with Crippen molar-refractivity contribution in [3.05, 3.63) is 24.3 Å². The molecule has 3 N–H and O–H groups in total. The van der Waals surface area contributed by atoms with Crippen LogP contribution in [0, 0.1) is 17.3 Å². The molecule has 1 aliphatic rings. The van der Waals surface area contributed by atoms with Gasteiger partial charge in [0, 0.05) is 11.7 Å². The molecule has 1 aromatic carbocycles. The Labute approximate surface area is 154 Å². The molecule has 7 nitrogen and oxygen atoms in total.